The molecule has 150 valence electrons. The molecule has 2 aromatic carbocycles. The Morgan fingerprint density at radius 2 is 1.80 bits per heavy atom. The number of hydrogen-bond donors (Lipinski definition) is 4. The van der Waals surface area contributed by atoms with Crippen molar-refractivity contribution in [2.75, 3.05) is 11.1 Å². The standard InChI is InChI=1S/C24H24N6/c1-14-3-7-22-20(9-14)16(12-26-22)4-5-17-13-27-24(25)30-23(17)29-19-6-8-21-18(11-19)10-15(2)28-21/h3,6-13,26,28H,4-5H2,1-2H3,(H3,25,27,29,30). The van der Waals surface area contributed by atoms with E-state index < -0.39 is 0 Å². The van der Waals surface area contributed by atoms with Crippen LogP contribution in [0.1, 0.15) is 22.4 Å². The van der Waals surface area contributed by atoms with Crippen molar-refractivity contribution < 1.29 is 0 Å². The van der Waals surface area contributed by atoms with E-state index in [1.54, 1.807) is 0 Å². The third kappa shape index (κ3) is 3.48. The first-order chi connectivity index (χ1) is 14.5. The van der Waals surface area contributed by atoms with Crippen molar-refractivity contribution in [1.82, 2.24) is 19.9 Å². The molecule has 5 N–H and O–H groups in total. The molecule has 0 saturated heterocycles. The summed E-state index contributed by atoms with van der Waals surface area (Å²) in [6, 6.07) is 14.9. The normalized spacial score (nSPS) is 11.4. The third-order valence-corrected chi connectivity index (χ3v) is 5.49. The molecular formula is C24H24N6. The molecule has 5 rings (SSSR count). The second-order valence-corrected chi connectivity index (χ2v) is 7.84. The summed E-state index contributed by atoms with van der Waals surface area (Å²) in [6.07, 6.45) is 5.62. The van der Waals surface area contributed by atoms with Crippen LogP contribution in [0.2, 0.25) is 0 Å². The summed E-state index contributed by atoms with van der Waals surface area (Å²) >= 11 is 0. The van der Waals surface area contributed by atoms with Crippen molar-refractivity contribution in [2.45, 2.75) is 26.7 Å². The molecule has 6 nitrogen and oxygen atoms in total. The van der Waals surface area contributed by atoms with E-state index in [2.05, 4.69) is 81.7 Å². The Labute approximate surface area is 174 Å². The van der Waals surface area contributed by atoms with Crippen molar-refractivity contribution >= 4 is 39.3 Å². The van der Waals surface area contributed by atoms with Gasteiger partial charge in [0.05, 0.1) is 0 Å². The molecule has 0 amide bonds. The molecule has 0 bridgehead atoms. The summed E-state index contributed by atoms with van der Waals surface area (Å²) in [5, 5.41) is 5.87. The zero-order valence-electron chi connectivity index (χ0n) is 17.1. The van der Waals surface area contributed by atoms with Gasteiger partial charge in [0.2, 0.25) is 5.95 Å². The number of nitrogens with zero attached hydrogens (tertiary/aromatic N) is 2. The maximum absolute atomic E-state index is 5.88. The first-order valence-corrected chi connectivity index (χ1v) is 10.1. The predicted molar refractivity (Wildman–Crippen MR) is 123 cm³/mol. The number of aromatic amines is 2. The van der Waals surface area contributed by atoms with E-state index in [1.807, 2.05) is 12.3 Å². The average molecular weight is 396 g/mol. The highest BCUT2D eigenvalue weighted by molar-refractivity contribution is 5.85. The van der Waals surface area contributed by atoms with Crippen LogP contribution in [0.4, 0.5) is 17.5 Å². The Morgan fingerprint density at radius 1 is 0.967 bits per heavy atom. The van der Waals surface area contributed by atoms with Gasteiger partial charge in [0.25, 0.3) is 0 Å². The number of hydrogen-bond acceptors (Lipinski definition) is 4. The van der Waals surface area contributed by atoms with E-state index >= 15 is 0 Å². The lowest BCUT2D eigenvalue weighted by atomic mass is 10.0. The number of H-pyrrole nitrogens is 2. The molecule has 3 aromatic heterocycles. The van der Waals surface area contributed by atoms with Crippen LogP contribution >= 0.6 is 0 Å². The van der Waals surface area contributed by atoms with Gasteiger partial charge in [0.1, 0.15) is 5.82 Å². The lowest BCUT2D eigenvalue weighted by molar-refractivity contribution is 0.945. The molecular weight excluding hydrogens is 372 g/mol. The lowest BCUT2D eigenvalue weighted by Crippen LogP contribution is -2.05. The summed E-state index contributed by atoms with van der Waals surface area (Å²) < 4.78 is 0. The SMILES string of the molecule is Cc1ccc2[nH]cc(CCc3cnc(N)nc3Nc3ccc4[nH]c(C)cc4c3)c2c1. The van der Waals surface area contributed by atoms with Gasteiger partial charge < -0.3 is 21.0 Å². The van der Waals surface area contributed by atoms with Crippen LogP contribution in [0, 0.1) is 13.8 Å². The summed E-state index contributed by atoms with van der Waals surface area (Å²) in [5.41, 5.74) is 13.9. The molecule has 0 spiro atoms. The number of benzene rings is 2. The molecule has 0 radical (unpaired) electrons. The molecule has 3 heterocycles. The van der Waals surface area contributed by atoms with Crippen molar-refractivity contribution in [1.29, 1.82) is 0 Å². The molecule has 0 fully saturated rings. The topological polar surface area (TPSA) is 95.4 Å². The number of aromatic nitrogens is 4. The van der Waals surface area contributed by atoms with Gasteiger partial charge in [-0.3, -0.25) is 0 Å². The van der Waals surface area contributed by atoms with Crippen molar-refractivity contribution in [2.24, 2.45) is 0 Å². The van der Waals surface area contributed by atoms with Gasteiger partial charge in [-0.15, -0.1) is 0 Å². The first kappa shape index (κ1) is 18.2. The Balaban J connectivity index is 1.42. The number of rotatable bonds is 5. The molecule has 0 unspecified atom stereocenters. The Bertz CT molecular complexity index is 1360. The molecule has 5 aromatic rings. The highest BCUT2D eigenvalue weighted by atomic mass is 15.1. The van der Waals surface area contributed by atoms with Crippen molar-refractivity contribution in [3.8, 4) is 0 Å². The van der Waals surface area contributed by atoms with E-state index in [1.165, 1.54) is 16.5 Å². The second-order valence-electron chi connectivity index (χ2n) is 7.84. The fourth-order valence-corrected chi connectivity index (χ4v) is 3.97. The third-order valence-electron chi connectivity index (χ3n) is 5.49. The largest absolute Gasteiger partial charge is 0.368 e. The smallest absolute Gasteiger partial charge is 0.221 e. The minimum Gasteiger partial charge on any atom is -0.368 e. The summed E-state index contributed by atoms with van der Waals surface area (Å²) in [6.45, 7) is 4.18. The van der Waals surface area contributed by atoms with Crippen LogP contribution in [0.5, 0.6) is 0 Å². The fraction of sp³-hybridized carbons (Fsp3) is 0.167. The van der Waals surface area contributed by atoms with E-state index in [0.29, 0.717) is 0 Å². The minimum atomic E-state index is 0.266. The zero-order valence-corrected chi connectivity index (χ0v) is 17.1. The number of fused-ring (bicyclic) bond motifs is 2. The summed E-state index contributed by atoms with van der Waals surface area (Å²) in [4.78, 5) is 15.4. The monoisotopic (exact) mass is 396 g/mol. The second kappa shape index (κ2) is 7.22. The van der Waals surface area contributed by atoms with Crippen LogP contribution in [-0.4, -0.2) is 19.9 Å². The minimum absolute atomic E-state index is 0.266. The lowest BCUT2D eigenvalue weighted by Gasteiger charge is -2.11. The Hall–Kier alpha value is -3.80. The molecule has 0 aliphatic rings. The molecule has 0 atom stereocenters. The van der Waals surface area contributed by atoms with Gasteiger partial charge >= 0.3 is 0 Å². The first-order valence-electron chi connectivity index (χ1n) is 10.1. The van der Waals surface area contributed by atoms with E-state index in [9.17, 15) is 0 Å². The van der Waals surface area contributed by atoms with Crippen LogP contribution in [0.15, 0.2) is 54.9 Å². The van der Waals surface area contributed by atoms with E-state index in [0.717, 1.165) is 52.0 Å². The summed E-state index contributed by atoms with van der Waals surface area (Å²) in [7, 11) is 0. The average Bonchev–Trinajstić information content (AvgIpc) is 3.29. The van der Waals surface area contributed by atoms with E-state index in [4.69, 9.17) is 5.73 Å². The fourth-order valence-electron chi connectivity index (χ4n) is 3.97. The maximum atomic E-state index is 5.88. The molecule has 0 aliphatic carbocycles. The van der Waals surface area contributed by atoms with Crippen molar-refractivity contribution in [3.05, 3.63) is 77.2 Å². The van der Waals surface area contributed by atoms with E-state index in [-0.39, 0.29) is 5.95 Å². The Morgan fingerprint density at radius 3 is 2.70 bits per heavy atom. The number of nitrogen functional groups attached to an aromatic ring is 1. The molecule has 30 heavy (non-hydrogen) atoms. The van der Waals surface area contributed by atoms with Gasteiger partial charge in [0, 0.05) is 51.1 Å². The van der Waals surface area contributed by atoms with Crippen molar-refractivity contribution in [3.63, 3.8) is 0 Å². The van der Waals surface area contributed by atoms with Gasteiger partial charge in [-0.25, -0.2) is 4.98 Å². The van der Waals surface area contributed by atoms with Crippen LogP contribution in [0.3, 0.4) is 0 Å². The maximum Gasteiger partial charge on any atom is 0.221 e. The number of anilines is 3. The van der Waals surface area contributed by atoms with Gasteiger partial charge in [-0.05, 0) is 68.7 Å². The van der Waals surface area contributed by atoms with Gasteiger partial charge in [0.15, 0.2) is 0 Å². The predicted octanol–water partition coefficient (Wildman–Crippen LogP) is 5.17. The van der Waals surface area contributed by atoms with Gasteiger partial charge in [-0.2, -0.15) is 4.98 Å². The molecule has 0 aliphatic heterocycles. The Kier molecular flexibility index (Phi) is 4.39. The van der Waals surface area contributed by atoms with Crippen LogP contribution in [-0.2, 0) is 12.8 Å². The highest BCUT2D eigenvalue weighted by Gasteiger charge is 2.10. The number of aryl methyl sites for hydroxylation is 4. The van der Waals surface area contributed by atoms with Crippen LogP contribution in [0.25, 0.3) is 21.8 Å². The van der Waals surface area contributed by atoms with Crippen LogP contribution < -0.4 is 11.1 Å². The summed E-state index contributed by atoms with van der Waals surface area (Å²) in [5.74, 6) is 1.02. The molecule has 6 heteroatoms. The number of nitrogens with one attached hydrogen (secondary N) is 3. The van der Waals surface area contributed by atoms with Gasteiger partial charge in [-0.1, -0.05) is 11.6 Å². The quantitative estimate of drug-likeness (QED) is 0.330. The zero-order chi connectivity index (χ0) is 20.7. The molecule has 0 saturated carbocycles. The highest BCUT2D eigenvalue weighted by Crippen LogP contribution is 2.26. The number of nitrogens with two attached hydrogens (primary N) is 1.